The average Bonchev–Trinajstić information content (AvgIpc) is 3.05. The van der Waals surface area contributed by atoms with Crippen LogP contribution in [0.2, 0.25) is 0 Å². The number of fused-ring (bicyclic) bond motifs is 2. The summed E-state index contributed by atoms with van der Waals surface area (Å²) in [5.41, 5.74) is 7.00. The number of phenolic OH excluding ortho intramolecular Hbond substituents is 1. The molecular formula is C39H46N2O6+2. The Kier molecular flexibility index (Phi) is 7.76. The molecule has 0 unspecified atom stereocenters. The molecule has 8 nitrogen and oxygen atoms in total. The zero-order valence-corrected chi connectivity index (χ0v) is 28.6. The van der Waals surface area contributed by atoms with Gasteiger partial charge in [-0.3, -0.25) is 0 Å². The highest BCUT2D eigenvalue weighted by atomic mass is 16.5. The molecule has 0 saturated carbocycles. The Bertz CT molecular complexity index is 1830. The topological polar surface area (TPSA) is 66.4 Å². The fraction of sp³-hybridized carbons (Fsp3) is 0.385. The van der Waals surface area contributed by atoms with Gasteiger partial charge in [-0.05, 0) is 64.7 Å². The van der Waals surface area contributed by atoms with Crippen molar-refractivity contribution in [1.29, 1.82) is 0 Å². The number of hydrogen-bond donors (Lipinski definition) is 1. The normalized spacial score (nSPS) is 20.5. The Morgan fingerprint density at radius 1 is 0.638 bits per heavy atom. The maximum absolute atomic E-state index is 11.6. The van der Waals surface area contributed by atoms with Gasteiger partial charge >= 0.3 is 0 Å². The van der Waals surface area contributed by atoms with Crippen LogP contribution in [0, 0.1) is 0 Å². The van der Waals surface area contributed by atoms with Crippen molar-refractivity contribution in [3.05, 3.63) is 94.0 Å². The van der Waals surface area contributed by atoms with Gasteiger partial charge in [-0.2, -0.15) is 0 Å². The molecule has 0 amide bonds. The van der Waals surface area contributed by atoms with Crippen molar-refractivity contribution in [2.45, 2.75) is 37.8 Å². The van der Waals surface area contributed by atoms with Gasteiger partial charge in [-0.25, -0.2) is 0 Å². The second-order valence-corrected chi connectivity index (χ2v) is 14.3. The van der Waals surface area contributed by atoms with Gasteiger partial charge in [-0.15, -0.1) is 0 Å². The second-order valence-electron chi connectivity index (χ2n) is 14.3. The largest absolute Gasteiger partial charge is 0.502 e. The van der Waals surface area contributed by atoms with Gasteiger partial charge in [0.15, 0.2) is 34.5 Å². The molecule has 4 heterocycles. The van der Waals surface area contributed by atoms with E-state index in [0.29, 0.717) is 46.7 Å². The van der Waals surface area contributed by atoms with Crippen molar-refractivity contribution in [3.63, 3.8) is 0 Å². The van der Waals surface area contributed by atoms with Gasteiger partial charge in [0, 0.05) is 31.2 Å². The zero-order valence-electron chi connectivity index (χ0n) is 28.6. The van der Waals surface area contributed by atoms with Crippen molar-refractivity contribution in [2.75, 3.05) is 62.6 Å². The van der Waals surface area contributed by atoms with E-state index in [1.165, 1.54) is 16.7 Å². The maximum atomic E-state index is 11.6. The Balaban J connectivity index is 1.45. The van der Waals surface area contributed by atoms with Crippen LogP contribution in [0.15, 0.2) is 60.7 Å². The van der Waals surface area contributed by atoms with E-state index in [4.69, 9.17) is 23.7 Å². The molecule has 0 radical (unpaired) electrons. The second kappa shape index (κ2) is 11.7. The van der Waals surface area contributed by atoms with Gasteiger partial charge in [0.25, 0.3) is 0 Å². The van der Waals surface area contributed by atoms with Gasteiger partial charge in [0.1, 0.15) is 17.8 Å². The molecule has 2 atom stereocenters. The van der Waals surface area contributed by atoms with E-state index in [2.05, 4.69) is 64.6 Å². The van der Waals surface area contributed by atoms with Crippen LogP contribution in [0.25, 0.3) is 0 Å². The molecule has 0 aromatic heterocycles. The molecule has 4 aliphatic rings. The van der Waals surface area contributed by atoms with Crippen LogP contribution in [0.4, 0.5) is 0 Å². The van der Waals surface area contributed by atoms with Crippen molar-refractivity contribution in [3.8, 4) is 46.0 Å². The van der Waals surface area contributed by atoms with Crippen molar-refractivity contribution < 1.29 is 37.8 Å². The number of benzene rings is 4. The third-order valence-corrected chi connectivity index (χ3v) is 10.7. The lowest BCUT2D eigenvalue weighted by Gasteiger charge is -2.43. The molecule has 1 N–H and O–H groups in total. The summed E-state index contributed by atoms with van der Waals surface area (Å²) in [6, 6.07) is 21.0. The first-order valence-corrected chi connectivity index (χ1v) is 16.4. The number of likely N-dealkylation sites (N-methyl/N-ethyl adjacent to an activating group) is 2. The molecule has 4 aromatic carbocycles. The first-order chi connectivity index (χ1) is 22.5. The lowest BCUT2D eigenvalue weighted by Crippen LogP contribution is -2.48. The Morgan fingerprint density at radius 2 is 1.23 bits per heavy atom. The van der Waals surface area contributed by atoms with Crippen LogP contribution in [-0.2, 0) is 25.7 Å². The minimum Gasteiger partial charge on any atom is -0.502 e. The number of nitrogens with zero attached hydrogens (tertiary/aromatic N) is 2. The maximum Gasteiger partial charge on any atom is 0.201 e. The molecule has 0 spiro atoms. The molecule has 8 heteroatoms. The number of hydrogen-bond acceptors (Lipinski definition) is 6. The molecule has 47 heavy (non-hydrogen) atoms. The highest BCUT2D eigenvalue weighted by Gasteiger charge is 2.41. The molecule has 246 valence electrons. The van der Waals surface area contributed by atoms with E-state index in [1.54, 1.807) is 21.3 Å². The van der Waals surface area contributed by atoms with Gasteiger partial charge < -0.3 is 37.8 Å². The summed E-state index contributed by atoms with van der Waals surface area (Å²) in [4.78, 5) is 0. The van der Waals surface area contributed by atoms with Crippen LogP contribution in [0.3, 0.4) is 0 Å². The quantitative estimate of drug-likeness (QED) is 0.241. The molecule has 0 fully saturated rings. The third kappa shape index (κ3) is 5.53. The summed E-state index contributed by atoms with van der Waals surface area (Å²) in [6.45, 7) is 1.95. The number of phenols is 1. The van der Waals surface area contributed by atoms with E-state index < -0.39 is 0 Å². The zero-order chi connectivity index (χ0) is 33.1. The predicted molar refractivity (Wildman–Crippen MR) is 181 cm³/mol. The molecule has 8 rings (SSSR count). The van der Waals surface area contributed by atoms with Crippen LogP contribution in [-0.4, -0.2) is 76.7 Å². The fourth-order valence-electron chi connectivity index (χ4n) is 7.77. The van der Waals surface area contributed by atoms with Gasteiger partial charge in [-0.1, -0.05) is 18.2 Å². The van der Waals surface area contributed by atoms with E-state index in [-0.39, 0.29) is 17.8 Å². The lowest BCUT2D eigenvalue weighted by molar-refractivity contribution is -0.923. The third-order valence-electron chi connectivity index (χ3n) is 10.7. The number of rotatable bonds is 3. The fourth-order valence-corrected chi connectivity index (χ4v) is 7.77. The average molecular weight is 639 g/mol. The summed E-state index contributed by atoms with van der Waals surface area (Å²) in [5.74, 6) is 4.27. The van der Waals surface area contributed by atoms with Gasteiger partial charge in [0.05, 0.1) is 68.2 Å². The Hall–Kier alpha value is -4.40. The summed E-state index contributed by atoms with van der Waals surface area (Å²) in [7, 11) is 14.1. The molecule has 0 saturated heterocycles. The first-order valence-electron chi connectivity index (χ1n) is 16.4. The standard InChI is InChI=1S/C39H45N2O6/c1-40(2)16-14-26-21-33(44-6)35-23-29(26)30(40)18-24-8-11-28(12-9-24)46-39-37-27(22-36(45-7)38(39)42)15-17-41(3,4)31(37)19-25-10-13-32(43-5)34(20-25)47-35/h8-13,20-23,30-31H,14-19H2,1-7H3/q+1/p+1/t30-,31+/m0/s1. The highest BCUT2D eigenvalue weighted by molar-refractivity contribution is 5.61. The molecule has 6 bridgehead atoms. The van der Waals surface area contributed by atoms with Crippen LogP contribution in [0.1, 0.15) is 45.5 Å². The molecular weight excluding hydrogens is 592 g/mol. The van der Waals surface area contributed by atoms with Crippen LogP contribution >= 0.6 is 0 Å². The smallest absolute Gasteiger partial charge is 0.201 e. The molecule has 4 aliphatic heterocycles. The minimum atomic E-state index is -0.0102. The predicted octanol–water partition coefficient (Wildman–Crippen LogP) is 7.15. The summed E-state index contributed by atoms with van der Waals surface area (Å²) >= 11 is 0. The van der Waals surface area contributed by atoms with Crippen molar-refractivity contribution in [2.24, 2.45) is 0 Å². The SMILES string of the molecule is COc1ccc2cc1Oc1cc3c(cc1OC)CC[N+](C)(C)[C@H]3Cc1ccc(cc1)Oc1c(O)c(OC)cc3c1[C@@H](C2)[N+](C)(C)CC3. The van der Waals surface area contributed by atoms with Gasteiger partial charge in [0.2, 0.25) is 5.75 Å². The summed E-state index contributed by atoms with van der Waals surface area (Å²) in [5, 5.41) is 11.6. The molecule has 4 aromatic rings. The Morgan fingerprint density at radius 3 is 1.94 bits per heavy atom. The van der Waals surface area contributed by atoms with Crippen LogP contribution in [0.5, 0.6) is 46.0 Å². The minimum absolute atomic E-state index is 0.0102. The lowest BCUT2D eigenvalue weighted by atomic mass is 9.85. The summed E-state index contributed by atoms with van der Waals surface area (Å²) in [6.07, 6.45) is 3.34. The van der Waals surface area contributed by atoms with E-state index >= 15 is 0 Å². The number of quaternary nitrogens is 2. The van der Waals surface area contributed by atoms with E-state index in [0.717, 1.165) is 58.0 Å². The Labute approximate surface area is 277 Å². The van der Waals surface area contributed by atoms with E-state index in [1.807, 2.05) is 24.3 Å². The first kappa shape index (κ1) is 31.2. The number of ether oxygens (including phenoxy) is 5. The highest BCUT2D eigenvalue weighted by Crippen LogP contribution is 2.51. The van der Waals surface area contributed by atoms with E-state index in [9.17, 15) is 5.11 Å². The number of aromatic hydroxyl groups is 1. The van der Waals surface area contributed by atoms with Crippen molar-refractivity contribution >= 4 is 0 Å². The monoisotopic (exact) mass is 638 g/mol. The number of methoxy groups -OCH3 is 3. The summed E-state index contributed by atoms with van der Waals surface area (Å²) < 4.78 is 32.3. The van der Waals surface area contributed by atoms with Crippen LogP contribution < -0.4 is 23.7 Å². The molecule has 0 aliphatic carbocycles. The van der Waals surface area contributed by atoms with Crippen molar-refractivity contribution in [1.82, 2.24) is 0 Å².